The Morgan fingerprint density at radius 2 is 1.96 bits per heavy atom. The maximum Gasteiger partial charge on any atom is 0.337 e. The summed E-state index contributed by atoms with van der Waals surface area (Å²) in [5.41, 5.74) is 2.64. The maximum absolute atomic E-state index is 12.5. The van der Waals surface area contributed by atoms with E-state index in [1.165, 1.54) is 32.8 Å². The molecule has 0 spiro atoms. The molecule has 0 atom stereocenters. The van der Waals surface area contributed by atoms with Crippen LogP contribution >= 0.6 is 0 Å². The van der Waals surface area contributed by atoms with Gasteiger partial charge in [-0.1, -0.05) is 17.7 Å². The molecule has 1 aromatic rings. The summed E-state index contributed by atoms with van der Waals surface area (Å²) in [5, 5.41) is 2.88. The van der Waals surface area contributed by atoms with Crippen LogP contribution in [-0.4, -0.2) is 61.6 Å². The molecule has 1 aromatic carbocycles. The van der Waals surface area contributed by atoms with Crippen LogP contribution in [0.4, 0.5) is 10.5 Å². The zero-order valence-corrected chi connectivity index (χ0v) is 16.1. The fraction of sp³-hybridized carbons (Fsp3) is 0.524. The lowest BCUT2D eigenvalue weighted by atomic mass is 9.97. The van der Waals surface area contributed by atoms with Crippen molar-refractivity contribution < 1.29 is 14.3 Å². The van der Waals surface area contributed by atoms with Crippen LogP contribution in [0.3, 0.4) is 0 Å². The highest BCUT2D eigenvalue weighted by molar-refractivity contribution is 5.93. The van der Waals surface area contributed by atoms with Crippen molar-refractivity contribution in [2.75, 3.05) is 45.2 Å². The van der Waals surface area contributed by atoms with Gasteiger partial charge in [0.25, 0.3) is 0 Å². The van der Waals surface area contributed by atoms with Gasteiger partial charge in [-0.15, -0.1) is 0 Å². The van der Waals surface area contributed by atoms with Gasteiger partial charge in [0, 0.05) is 38.4 Å². The normalized spacial score (nSPS) is 18.0. The van der Waals surface area contributed by atoms with E-state index in [0.717, 1.165) is 39.1 Å². The number of carbonyl (C=O) groups excluding carboxylic acids is 2. The molecule has 6 nitrogen and oxygen atoms in total. The Morgan fingerprint density at radius 1 is 1.15 bits per heavy atom. The summed E-state index contributed by atoms with van der Waals surface area (Å²) >= 11 is 0. The van der Waals surface area contributed by atoms with Crippen LogP contribution in [0.2, 0.25) is 0 Å². The zero-order chi connectivity index (χ0) is 19.1. The number of allylic oxidation sites excluding steroid dienone is 1. The maximum atomic E-state index is 12.5. The number of esters is 1. The lowest BCUT2D eigenvalue weighted by Gasteiger charge is -2.35. The summed E-state index contributed by atoms with van der Waals surface area (Å²) in [4.78, 5) is 28.4. The smallest absolute Gasteiger partial charge is 0.337 e. The third-order valence-electron chi connectivity index (χ3n) is 5.33. The summed E-state index contributed by atoms with van der Waals surface area (Å²) in [6.45, 7) is 4.34. The minimum atomic E-state index is -0.409. The van der Waals surface area contributed by atoms with Gasteiger partial charge in [-0.2, -0.15) is 0 Å². The van der Waals surface area contributed by atoms with Crippen molar-refractivity contribution in [3.8, 4) is 0 Å². The van der Waals surface area contributed by atoms with Crippen molar-refractivity contribution in [3.63, 3.8) is 0 Å². The Balaban J connectivity index is 1.44. The van der Waals surface area contributed by atoms with Gasteiger partial charge in [-0.3, -0.25) is 4.90 Å². The van der Waals surface area contributed by atoms with E-state index in [1.54, 1.807) is 29.8 Å². The van der Waals surface area contributed by atoms with Crippen molar-refractivity contribution in [2.24, 2.45) is 0 Å². The van der Waals surface area contributed by atoms with Gasteiger partial charge >= 0.3 is 12.0 Å². The van der Waals surface area contributed by atoms with Gasteiger partial charge in [0.2, 0.25) is 0 Å². The van der Waals surface area contributed by atoms with E-state index >= 15 is 0 Å². The van der Waals surface area contributed by atoms with Crippen LogP contribution in [-0.2, 0) is 4.74 Å². The first kappa shape index (κ1) is 19.4. The SMILES string of the molecule is COC(=O)c1cccc(NC(=O)N2CCN(CCC3=CCCCC3)CC2)c1. The highest BCUT2D eigenvalue weighted by atomic mass is 16.5. The van der Waals surface area contributed by atoms with Crippen LogP contribution in [0.25, 0.3) is 0 Å². The van der Waals surface area contributed by atoms with Crippen LogP contribution in [0.5, 0.6) is 0 Å². The summed E-state index contributed by atoms with van der Waals surface area (Å²) in [6.07, 6.45) is 8.73. The molecule has 6 heteroatoms. The molecule has 1 N–H and O–H groups in total. The topological polar surface area (TPSA) is 61.9 Å². The Bertz CT molecular complexity index is 694. The lowest BCUT2D eigenvalue weighted by molar-refractivity contribution is 0.0600. The second-order valence-corrected chi connectivity index (χ2v) is 7.19. The summed E-state index contributed by atoms with van der Waals surface area (Å²) in [5.74, 6) is -0.409. The lowest BCUT2D eigenvalue weighted by Crippen LogP contribution is -2.50. The zero-order valence-electron chi connectivity index (χ0n) is 16.1. The molecule has 2 aliphatic rings. The number of methoxy groups -OCH3 is 1. The molecule has 27 heavy (non-hydrogen) atoms. The molecule has 1 fully saturated rings. The van der Waals surface area contributed by atoms with Gasteiger partial charge in [-0.25, -0.2) is 9.59 Å². The number of nitrogens with zero attached hydrogens (tertiary/aromatic N) is 2. The number of amides is 2. The molecular weight excluding hydrogens is 342 g/mol. The number of benzene rings is 1. The Hall–Kier alpha value is -2.34. The largest absolute Gasteiger partial charge is 0.465 e. The van der Waals surface area contributed by atoms with Crippen molar-refractivity contribution in [3.05, 3.63) is 41.5 Å². The average Bonchev–Trinajstić information content (AvgIpc) is 2.73. The van der Waals surface area contributed by atoms with Crippen molar-refractivity contribution in [2.45, 2.75) is 32.1 Å². The van der Waals surface area contributed by atoms with E-state index in [2.05, 4.69) is 16.3 Å². The number of anilines is 1. The third kappa shape index (κ3) is 5.57. The van der Waals surface area contributed by atoms with Gasteiger partial charge in [0.05, 0.1) is 12.7 Å². The van der Waals surface area contributed by atoms with Gasteiger partial charge in [-0.05, 0) is 50.3 Å². The second-order valence-electron chi connectivity index (χ2n) is 7.19. The summed E-state index contributed by atoms with van der Waals surface area (Å²) < 4.78 is 4.72. The van der Waals surface area contributed by atoms with E-state index in [4.69, 9.17) is 4.74 Å². The van der Waals surface area contributed by atoms with Crippen molar-refractivity contribution in [1.29, 1.82) is 0 Å². The highest BCUT2D eigenvalue weighted by Gasteiger charge is 2.21. The molecule has 0 radical (unpaired) electrons. The van der Waals surface area contributed by atoms with Gasteiger partial charge in [0.1, 0.15) is 0 Å². The molecule has 0 unspecified atom stereocenters. The third-order valence-corrected chi connectivity index (χ3v) is 5.33. The van der Waals surface area contributed by atoms with E-state index in [-0.39, 0.29) is 6.03 Å². The molecule has 1 heterocycles. The molecule has 146 valence electrons. The predicted octanol–water partition coefficient (Wildman–Crippen LogP) is 3.51. The van der Waals surface area contributed by atoms with E-state index in [1.807, 2.05) is 4.90 Å². The Kier molecular flexibility index (Phi) is 6.87. The monoisotopic (exact) mass is 371 g/mol. The highest BCUT2D eigenvalue weighted by Crippen LogP contribution is 2.20. The minimum absolute atomic E-state index is 0.119. The number of rotatable bonds is 5. The molecular formula is C21H29N3O3. The molecule has 1 aliphatic carbocycles. The molecule has 3 rings (SSSR count). The Morgan fingerprint density at radius 3 is 2.67 bits per heavy atom. The number of ether oxygens (including phenoxy) is 1. The van der Waals surface area contributed by atoms with E-state index in [9.17, 15) is 9.59 Å². The van der Waals surface area contributed by atoms with Crippen molar-refractivity contribution in [1.82, 2.24) is 9.80 Å². The van der Waals surface area contributed by atoms with E-state index in [0.29, 0.717) is 11.3 Å². The van der Waals surface area contributed by atoms with Gasteiger partial charge in [0.15, 0.2) is 0 Å². The summed E-state index contributed by atoms with van der Waals surface area (Å²) in [7, 11) is 1.35. The van der Waals surface area contributed by atoms with Crippen LogP contribution < -0.4 is 5.32 Å². The fourth-order valence-electron chi connectivity index (χ4n) is 3.65. The van der Waals surface area contributed by atoms with Crippen molar-refractivity contribution >= 4 is 17.7 Å². The predicted molar refractivity (Wildman–Crippen MR) is 106 cm³/mol. The number of carbonyl (C=O) groups is 2. The van der Waals surface area contributed by atoms with Gasteiger partial charge < -0.3 is 15.0 Å². The fourth-order valence-corrected chi connectivity index (χ4v) is 3.65. The number of nitrogens with one attached hydrogen (secondary N) is 1. The van der Waals surface area contributed by atoms with Crippen LogP contribution in [0, 0.1) is 0 Å². The molecule has 2 amide bonds. The van der Waals surface area contributed by atoms with E-state index < -0.39 is 5.97 Å². The number of hydrogen-bond donors (Lipinski definition) is 1. The summed E-state index contributed by atoms with van der Waals surface area (Å²) in [6, 6.07) is 6.70. The average molecular weight is 371 g/mol. The second kappa shape index (κ2) is 9.55. The minimum Gasteiger partial charge on any atom is -0.465 e. The van der Waals surface area contributed by atoms with Crippen LogP contribution in [0.1, 0.15) is 42.5 Å². The molecule has 0 saturated carbocycles. The molecule has 1 aliphatic heterocycles. The Labute approximate surface area is 161 Å². The number of hydrogen-bond acceptors (Lipinski definition) is 4. The quantitative estimate of drug-likeness (QED) is 0.635. The van der Waals surface area contributed by atoms with Crippen LogP contribution in [0.15, 0.2) is 35.9 Å². The standard InChI is InChI=1S/C21H29N3O3/c1-27-20(25)18-8-5-9-19(16-18)22-21(26)24-14-12-23(13-15-24)11-10-17-6-3-2-4-7-17/h5-6,8-9,16H,2-4,7,10-15H2,1H3,(H,22,26). The molecule has 1 saturated heterocycles. The number of urea groups is 1. The molecule has 0 aromatic heterocycles. The first-order valence-corrected chi connectivity index (χ1v) is 9.80. The number of piperazine rings is 1. The molecule has 0 bridgehead atoms. The first-order valence-electron chi connectivity index (χ1n) is 9.80. The first-order chi connectivity index (χ1) is 13.2.